The number of ether oxygens (including phenoxy) is 2. The number of rotatable bonds is 13. The van der Waals surface area contributed by atoms with Gasteiger partial charge < -0.3 is 19.7 Å². The maximum absolute atomic E-state index is 11.3. The van der Waals surface area contributed by atoms with E-state index in [2.05, 4.69) is 0 Å². The summed E-state index contributed by atoms with van der Waals surface area (Å²) in [5.74, 6) is -2.86. The summed E-state index contributed by atoms with van der Waals surface area (Å²) in [5, 5.41) is 16.8. The van der Waals surface area contributed by atoms with Gasteiger partial charge in [0.2, 0.25) is 0 Å². The van der Waals surface area contributed by atoms with Crippen LogP contribution in [0.3, 0.4) is 0 Å². The summed E-state index contributed by atoms with van der Waals surface area (Å²) in [6, 6.07) is 0. The van der Waals surface area contributed by atoms with Gasteiger partial charge in [0, 0.05) is 12.8 Å². The summed E-state index contributed by atoms with van der Waals surface area (Å²) in [7, 11) is 0. The number of carbonyl (C=O) groups excluding carboxylic acids is 2. The lowest BCUT2D eigenvalue weighted by molar-refractivity contribution is -0.148. The Bertz CT molecular complexity index is 377. The van der Waals surface area contributed by atoms with Crippen molar-refractivity contribution in [1.29, 1.82) is 0 Å². The zero-order valence-electron chi connectivity index (χ0n) is 12.4. The number of esters is 2. The van der Waals surface area contributed by atoms with E-state index in [9.17, 15) is 19.2 Å². The van der Waals surface area contributed by atoms with Crippen molar-refractivity contribution in [3.63, 3.8) is 0 Å². The fourth-order valence-corrected chi connectivity index (χ4v) is 1.48. The molecule has 0 aliphatic rings. The van der Waals surface area contributed by atoms with Crippen molar-refractivity contribution in [3.8, 4) is 0 Å². The van der Waals surface area contributed by atoms with Gasteiger partial charge in [0.15, 0.2) is 0 Å². The van der Waals surface area contributed by atoms with E-state index in [0.717, 1.165) is 0 Å². The van der Waals surface area contributed by atoms with Gasteiger partial charge >= 0.3 is 23.9 Å². The molecule has 0 aromatic carbocycles. The quantitative estimate of drug-likeness (QED) is 0.385. The van der Waals surface area contributed by atoms with E-state index in [4.69, 9.17) is 19.7 Å². The van der Waals surface area contributed by atoms with E-state index in [-0.39, 0.29) is 44.9 Å². The molecular weight excluding hydrogens is 296 g/mol. The van der Waals surface area contributed by atoms with Crippen LogP contribution in [0.4, 0.5) is 0 Å². The zero-order valence-corrected chi connectivity index (χ0v) is 12.4. The fraction of sp³-hybridized carbons (Fsp3) is 0.714. The van der Waals surface area contributed by atoms with Crippen LogP contribution in [-0.4, -0.2) is 47.3 Å². The van der Waals surface area contributed by atoms with Crippen LogP contribution in [0.2, 0.25) is 0 Å². The molecule has 0 aromatic heterocycles. The minimum atomic E-state index is -1.05. The Labute approximate surface area is 128 Å². The number of aliphatic carboxylic acids is 2. The third-order valence-electron chi connectivity index (χ3n) is 2.63. The molecule has 0 atom stereocenters. The van der Waals surface area contributed by atoms with Crippen molar-refractivity contribution in [2.75, 3.05) is 13.2 Å². The maximum atomic E-state index is 11.3. The Kier molecular flexibility index (Phi) is 11.4. The average molecular weight is 318 g/mol. The van der Waals surface area contributed by atoms with Crippen molar-refractivity contribution < 1.29 is 38.9 Å². The smallest absolute Gasteiger partial charge is 0.306 e. The van der Waals surface area contributed by atoms with Crippen LogP contribution >= 0.6 is 0 Å². The highest BCUT2D eigenvalue weighted by molar-refractivity contribution is 5.76. The Morgan fingerprint density at radius 3 is 1.55 bits per heavy atom. The largest absolute Gasteiger partial charge is 0.481 e. The first-order valence-corrected chi connectivity index (χ1v) is 7.16. The SMILES string of the molecule is O=C(O)CCCCC(=O)OCCCCOC(=O)CCC(=O)O. The highest BCUT2D eigenvalue weighted by Gasteiger charge is 2.07. The monoisotopic (exact) mass is 318 g/mol. The van der Waals surface area contributed by atoms with E-state index >= 15 is 0 Å². The second kappa shape index (κ2) is 12.6. The standard InChI is InChI=1S/C14H22O8/c15-11(16)5-1-2-6-13(19)21-9-3-4-10-22-14(20)8-7-12(17)18/h1-10H2,(H,15,16)(H,17,18). The molecule has 0 radical (unpaired) electrons. The highest BCUT2D eigenvalue weighted by atomic mass is 16.5. The van der Waals surface area contributed by atoms with Crippen LogP contribution in [0.25, 0.3) is 0 Å². The Hall–Kier alpha value is -2.12. The van der Waals surface area contributed by atoms with Gasteiger partial charge in [-0.25, -0.2) is 0 Å². The van der Waals surface area contributed by atoms with E-state index in [1.54, 1.807) is 0 Å². The minimum Gasteiger partial charge on any atom is -0.481 e. The van der Waals surface area contributed by atoms with Crippen LogP contribution in [0, 0.1) is 0 Å². The number of hydrogen-bond donors (Lipinski definition) is 2. The summed E-state index contributed by atoms with van der Waals surface area (Å²) in [6.45, 7) is 0.374. The molecule has 2 N–H and O–H groups in total. The number of carbonyl (C=O) groups is 4. The zero-order chi connectivity index (χ0) is 16.8. The summed E-state index contributed by atoms with van der Waals surface area (Å²) >= 11 is 0. The summed E-state index contributed by atoms with van der Waals surface area (Å²) < 4.78 is 9.73. The first-order chi connectivity index (χ1) is 10.4. The molecule has 8 nitrogen and oxygen atoms in total. The predicted molar refractivity (Wildman–Crippen MR) is 74.1 cm³/mol. The molecule has 0 fully saturated rings. The van der Waals surface area contributed by atoms with Crippen molar-refractivity contribution in [1.82, 2.24) is 0 Å². The number of hydrogen-bond acceptors (Lipinski definition) is 6. The van der Waals surface area contributed by atoms with E-state index in [1.165, 1.54) is 0 Å². The van der Waals surface area contributed by atoms with Gasteiger partial charge in [-0.2, -0.15) is 0 Å². The van der Waals surface area contributed by atoms with Gasteiger partial charge in [0.25, 0.3) is 0 Å². The molecule has 0 aliphatic heterocycles. The van der Waals surface area contributed by atoms with Crippen molar-refractivity contribution in [2.45, 2.75) is 51.4 Å². The topological polar surface area (TPSA) is 127 Å². The molecule has 0 aromatic rings. The summed E-state index contributed by atoms with van der Waals surface area (Å²) in [6.07, 6.45) is 1.80. The molecule has 0 spiro atoms. The molecular formula is C14H22O8. The Balaban J connectivity index is 3.38. The van der Waals surface area contributed by atoms with Crippen molar-refractivity contribution in [3.05, 3.63) is 0 Å². The number of unbranched alkanes of at least 4 members (excludes halogenated alkanes) is 2. The van der Waals surface area contributed by atoms with E-state index < -0.39 is 17.9 Å². The third-order valence-corrected chi connectivity index (χ3v) is 2.63. The molecule has 22 heavy (non-hydrogen) atoms. The van der Waals surface area contributed by atoms with Crippen molar-refractivity contribution >= 4 is 23.9 Å². The van der Waals surface area contributed by atoms with Gasteiger partial charge in [-0.3, -0.25) is 19.2 Å². The van der Waals surface area contributed by atoms with Gasteiger partial charge in [0.1, 0.15) is 0 Å². The normalized spacial score (nSPS) is 10.0. The van der Waals surface area contributed by atoms with Gasteiger partial charge in [-0.15, -0.1) is 0 Å². The molecule has 0 rings (SSSR count). The third kappa shape index (κ3) is 14.3. The molecule has 0 saturated heterocycles. The summed E-state index contributed by atoms with van der Waals surface area (Å²) in [4.78, 5) is 42.8. The predicted octanol–water partition coefficient (Wildman–Crippen LogP) is 1.36. The molecule has 0 amide bonds. The first-order valence-electron chi connectivity index (χ1n) is 7.16. The lowest BCUT2D eigenvalue weighted by Crippen LogP contribution is -2.10. The molecule has 8 heteroatoms. The van der Waals surface area contributed by atoms with Crippen LogP contribution in [-0.2, 0) is 28.7 Å². The Morgan fingerprint density at radius 2 is 1.05 bits per heavy atom. The molecule has 0 bridgehead atoms. The highest BCUT2D eigenvalue weighted by Crippen LogP contribution is 2.02. The second-order valence-corrected chi connectivity index (χ2v) is 4.64. The molecule has 0 aliphatic carbocycles. The second-order valence-electron chi connectivity index (χ2n) is 4.64. The lowest BCUT2D eigenvalue weighted by Gasteiger charge is -2.05. The Morgan fingerprint density at radius 1 is 0.591 bits per heavy atom. The first kappa shape index (κ1) is 19.9. The number of carboxylic acid groups (broad SMARTS) is 2. The van der Waals surface area contributed by atoms with E-state index in [1.807, 2.05) is 0 Å². The van der Waals surface area contributed by atoms with Crippen LogP contribution in [0.1, 0.15) is 51.4 Å². The van der Waals surface area contributed by atoms with Crippen LogP contribution < -0.4 is 0 Å². The summed E-state index contributed by atoms with van der Waals surface area (Å²) in [5.41, 5.74) is 0. The van der Waals surface area contributed by atoms with Crippen LogP contribution in [0.5, 0.6) is 0 Å². The molecule has 126 valence electrons. The van der Waals surface area contributed by atoms with Crippen molar-refractivity contribution in [2.24, 2.45) is 0 Å². The van der Waals surface area contributed by atoms with E-state index in [0.29, 0.717) is 25.7 Å². The number of carboxylic acids is 2. The van der Waals surface area contributed by atoms with Gasteiger partial charge in [-0.05, 0) is 25.7 Å². The maximum Gasteiger partial charge on any atom is 0.306 e. The lowest BCUT2D eigenvalue weighted by atomic mass is 10.2. The van der Waals surface area contributed by atoms with Gasteiger partial charge in [-0.1, -0.05) is 0 Å². The minimum absolute atomic E-state index is 0.0422. The fourth-order valence-electron chi connectivity index (χ4n) is 1.48. The van der Waals surface area contributed by atoms with Gasteiger partial charge in [0.05, 0.1) is 26.1 Å². The van der Waals surface area contributed by atoms with Crippen LogP contribution in [0.15, 0.2) is 0 Å². The molecule has 0 saturated carbocycles. The average Bonchev–Trinajstić information content (AvgIpc) is 2.44. The molecule has 0 unspecified atom stereocenters. The molecule has 0 heterocycles.